The molecule has 2 aromatic carbocycles. The first-order chi connectivity index (χ1) is 17.1. The fraction of sp³-hybridized carbons (Fsp3) is 0.333. The zero-order valence-electron chi connectivity index (χ0n) is 19.3. The van der Waals surface area contributed by atoms with Crippen LogP contribution in [0.2, 0.25) is 5.02 Å². The van der Waals surface area contributed by atoms with Crippen molar-refractivity contribution in [2.24, 2.45) is 7.05 Å². The number of nitrogens with zero attached hydrogens (tertiary/aromatic N) is 3. The largest absolute Gasteiger partial charge is 0.573 e. The fourth-order valence-electron chi connectivity index (χ4n) is 4.22. The molecule has 0 aliphatic carbocycles. The molecule has 1 aromatic heterocycles. The summed E-state index contributed by atoms with van der Waals surface area (Å²) in [5.41, 5.74) is 0.585. The van der Waals surface area contributed by atoms with Crippen molar-refractivity contribution in [3.05, 3.63) is 85.5 Å². The number of hydrogen-bond acceptors (Lipinski definition) is 6. The summed E-state index contributed by atoms with van der Waals surface area (Å²) in [7, 11) is 1.53. The van der Waals surface area contributed by atoms with E-state index in [1.54, 1.807) is 35.2 Å². The molecule has 12 heteroatoms. The van der Waals surface area contributed by atoms with E-state index in [0.29, 0.717) is 16.4 Å². The highest BCUT2D eigenvalue weighted by Gasteiger charge is 2.35. The Morgan fingerprint density at radius 1 is 1.11 bits per heavy atom. The predicted molar refractivity (Wildman–Crippen MR) is 130 cm³/mol. The molecule has 1 aliphatic rings. The summed E-state index contributed by atoms with van der Waals surface area (Å²) in [6.07, 6.45) is -4.93. The van der Waals surface area contributed by atoms with Gasteiger partial charge in [0.1, 0.15) is 23.4 Å². The molecule has 0 amide bonds. The van der Waals surface area contributed by atoms with Crippen molar-refractivity contribution in [2.45, 2.75) is 38.5 Å². The highest BCUT2D eigenvalue weighted by Crippen LogP contribution is 2.33. The van der Waals surface area contributed by atoms with Crippen LogP contribution in [0.3, 0.4) is 0 Å². The first kappa shape index (κ1) is 25.6. The molecule has 36 heavy (non-hydrogen) atoms. The Morgan fingerprint density at radius 3 is 2.50 bits per heavy atom. The van der Waals surface area contributed by atoms with Gasteiger partial charge in [0.25, 0.3) is 5.56 Å². The first-order valence-electron chi connectivity index (χ1n) is 11.1. The van der Waals surface area contributed by atoms with Gasteiger partial charge in [-0.15, -0.1) is 13.2 Å². The number of fused-ring (bicyclic) bond motifs is 1. The number of anilines is 2. The Hall–Kier alpha value is -3.44. The minimum absolute atomic E-state index is 0.0472. The molecule has 2 heterocycles. The molecular weight excluding hydrogens is 501 g/mol. The molecule has 3 aromatic rings. The lowest BCUT2D eigenvalue weighted by molar-refractivity contribution is -0.274. The topological polar surface area (TPSA) is 88.7 Å². The fourth-order valence-corrected chi connectivity index (χ4v) is 4.35. The van der Waals surface area contributed by atoms with Gasteiger partial charge in [-0.05, 0) is 41.8 Å². The lowest BCUT2D eigenvalue weighted by Crippen LogP contribution is -2.42. The predicted octanol–water partition coefficient (Wildman–Crippen LogP) is 3.48. The Balaban J connectivity index is 1.74. The maximum absolute atomic E-state index is 13.4. The minimum Gasteiger partial charge on any atom is -0.406 e. The summed E-state index contributed by atoms with van der Waals surface area (Å²) in [4.78, 5) is 28.1. The second kappa shape index (κ2) is 10.3. The lowest BCUT2D eigenvalue weighted by atomic mass is 10.1. The second-order valence-electron chi connectivity index (χ2n) is 8.39. The molecule has 2 N–H and O–H groups in total. The minimum atomic E-state index is -4.82. The van der Waals surface area contributed by atoms with Crippen molar-refractivity contribution >= 4 is 23.1 Å². The summed E-state index contributed by atoms with van der Waals surface area (Å²) in [6.45, 7) is 0.137. The SMILES string of the molecule is Cn1c2c(c(=O)n(CCCO)c1=O)N(Cc1ccc(Cl)cc1)C(Cc1cccc(OC(F)(F)F)c1)N2. The van der Waals surface area contributed by atoms with Gasteiger partial charge >= 0.3 is 12.1 Å². The van der Waals surface area contributed by atoms with Crippen LogP contribution < -0.4 is 26.2 Å². The Labute approximate surface area is 209 Å². The van der Waals surface area contributed by atoms with Crippen LogP contribution in [-0.4, -0.2) is 33.4 Å². The number of hydrogen-bond donors (Lipinski definition) is 2. The van der Waals surface area contributed by atoms with Crippen LogP contribution in [0.15, 0.2) is 58.1 Å². The summed E-state index contributed by atoms with van der Waals surface area (Å²) in [5.74, 6) is -0.0366. The smallest absolute Gasteiger partial charge is 0.406 e. The first-order valence-corrected chi connectivity index (χ1v) is 11.5. The van der Waals surface area contributed by atoms with E-state index < -0.39 is 23.8 Å². The third-order valence-corrected chi connectivity index (χ3v) is 6.11. The molecule has 0 bridgehead atoms. The standard InChI is InChI=1S/C24H24ClF3N4O4/c1-30-21-20(22(34)31(23(30)35)10-3-11-33)32(14-15-6-8-17(25)9-7-15)19(29-21)13-16-4-2-5-18(12-16)36-24(26,27)28/h2,4-9,12,19,29,33H,3,10-11,13-14H2,1H3. The van der Waals surface area contributed by atoms with Gasteiger partial charge in [0.05, 0.1) is 0 Å². The van der Waals surface area contributed by atoms with E-state index >= 15 is 0 Å². The Morgan fingerprint density at radius 2 is 1.83 bits per heavy atom. The van der Waals surface area contributed by atoms with E-state index in [-0.39, 0.29) is 44.0 Å². The molecule has 0 fully saturated rings. The summed E-state index contributed by atoms with van der Waals surface area (Å²) in [6, 6.07) is 12.7. The van der Waals surface area contributed by atoms with Crippen LogP contribution in [0.4, 0.5) is 24.7 Å². The van der Waals surface area contributed by atoms with Crippen LogP contribution in [0, 0.1) is 0 Å². The maximum Gasteiger partial charge on any atom is 0.573 e. The van der Waals surface area contributed by atoms with Gasteiger partial charge in [-0.3, -0.25) is 13.9 Å². The summed E-state index contributed by atoms with van der Waals surface area (Å²) in [5, 5.41) is 13.0. The molecule has 0 radical (unpaired) electrons. The van der Waals surface area contributed by atoms with Crippen LogP contribution >= 0.6 is 11.6 Å². The molecule has 0 saturated carbocycles. The molecule has 8 nitrogen and oxygen atoms in total. The Bertz CT molecular complexity index is 1360. The maximum atomic E-state index is 13.4. The highest BCUT2D eigenvalue weighted by molar-refractivity contribution is 6.30. The number of halogens is 4. The van der Waals surface area contributed by atoms with Crippen molar-refractivity contribution in [2.75, 3.05) is 16.8 Å². The normalized spacial score (nSPS) is 15.1. The number of aromatic nitrogens is 2. The van der Waals surface area contributed by atoms with Crippen molar-refractivity contribution < 1.29 is 23.0 Å². The third kappa shape index (κ3) is 5.52. The summed E-state index contributed by atoms with van der Waals surface area (Å²) < 4.78 is 44.6. The van der Waals surface area contributed by atoms with Gasteiger partial charge in [-0.2, -0.15) is 0 Å². The third-order valence-electron chi connectivity index (χ3n) is 5.86. The number of ether oxygens (including phenoxy) is 1. The molecular formula is C24H24ClF3N4O4. The zero-order chi connectivity index (χ0) is 26.0. The molecule has 0 saturated heterocycles. The average molecular weight is 525 g/mol. The summed E-state index contributed by atoms with van der Waals surface area (Å²) >= 11 is 6.01. The number of aliphatic hydroxyl groups excluding tert-OH is 1. The average Bonchev–Trinajstić information content (AvgIpc) is 3.16. The molecule has 192 valence electrons. The van der Waals surface area contributed by atoms with E-state index in [1.807, 2.05) is 0 Å². The number of aliphatic hydroxyl groups is 1. The van der Waals surface area contributed by atoms with Gasteiger partial charge in [0.2, 0.25) is 0 Å². The second-order valence-corrected chi connectivity index (χ2v) is 8.82. The van der Waals surface area contributed by atoms with Gasteiger partial charge in [-0.25, -0.2) is 4.79 Å². The molecule has 1 aliphatic heterocycles. The van der Waals surface area contributed by atoms with E-state index in [9.17, 15) is 27.9 Å². The zero-order valence-corrected chi connectivity index (χ0v) is 20.0. The molecule has 4 rings (SSSR count). The van der Waals surface area contributed by atoms with Crippen LogP contribution in [-0.2, 0) is 26.6 Å². The number of benzene rings is 2. The van der Waals surface area contributed by atoms with E-state index in [4.69, 9.17) is 11.6 Å². The van der Waals surface area contributed by atoms with E-state index in [2.05, 4.69) is 10.1 Å². The number of nitrogens with one attached hydrogen (secondary N) is 1. The van der Waals surface area contributed by atoms with Gasteiger partial charge in [0.15, 0.2) is 0 Å². The van der Waals surface area contributed by atoms with Gasteiger partial charge in [0, 0.05) is 38.2 Å². The van der Waals surface area contributed by atoms with Crippen LogP contribution in [0.1, 0.15) is 17.5 Å². The molecule has 1 unspecified atom stereocenters. The van der Waals surface area contributed by atoms with Crippen molar-refractivity contribution in [3.8, 4) is 5.75 Å². The lowest BCUT2D eigenvalue weighted by Gasteiger charge is -2.27. The quantitative estimate of drug-likeness (QED) is 0.469. The van der Waals surface area contributed by atoms with Crippen molar-refractivity contribution in [3.63, 3.8) is 0 Å². The van der Waals surface area contributed by atoms with Gasteiger partial charge in [-0.1, -0.05) is 35.9 Å². The van der Waals surface area contributed by atoms with Crippen molar-refractivity contribution in [1.82, 2.24) is 9.13 Å². The van der Waals surface area contributed by atoms with E-state index in [0.717, 1.165) is 10.1 Å². The Kier molecular flexibility index (Phi) is 7.32. The molecule has 0 spiro atoms. The van der Waals surface area contributed by atoms with E-state index in [1.165, 1.54) is 29.8 Å². The molecule has 1 atom stereocenters. The number of alkyl halides is 3. The number of rotatable bonds is 8. The van der Waals surface area contributed by atoms with Crippen LogP contribution in [0.5, 0.6) is 5.75 Å². The van der Waals surface area contributed by atoms with Gasteiger partial charge < -0.3 is 20.1 Å². The van der Waals surface area contributed by atoms with Crippen LogP contribution in [0.25, 0.3) is 0 Å². The van der Waals surface area contributed by atoms with Crippen molar-refractivity contribution in [1.29, 1.82) is 0 Å². The highest BCUT2D eigenvalue weighted by atomic mass is 35.5. The monoisotopic (exact) mass is 524 g/mol.